The molecule has 2 aromatic carbocycles. The van der Waals surface area contributed by atoms with Gasteiger partial charge in [0.05, 0.1) is 0 Å². The molecule has 0 spiro atoms. The smallest absolute Gasteiger partial charge is 0.0475 e. The van der Waals surface area contributed by atoms with Crippen molar-refractivity contribution < 1.29 is 0 Å². The van der Waals surface area contributed by atoms with Crippen molar-refractivity contribution in [2.45, 2.75) is 17.7 Å². The van der Waals surface area contributed by atoms with Crippen LogP contribution in [0.1, 0.15) is 28.8 Å². The monoisotopic (exact) mass is 330 g/mol. The van der Waals surface area contributed by atoms with E-state index in [1.54, 1.807) is 0 Å². The average Bonchev–Trinajstić information content (AvgIpc) is 2.90. The highest BCUT2D eigenvalue weighted by atomic mass is 79.9. The molecule has 2 unspecified atom stereocenters. The van der Waals surface area contributed by atoms with E-state index in [-0.39, 0.29) is 0 Å². The number of halogens is 1. The van der Waals surface area contributed by atoms with E-state index in [1.165, 1.54) is 21.2 Å². The first-order valence-corrected chi connectivity index (χ1v) is 8.22. The molecule has 0 bridgehead atoms. The fourth-order valence-electron chi connectivity index (χ4n) is 2.41. The molecule has 0 fully saturated rings. The van der Waals surface area contributed by atoms with Crippen LogP contribution in [-0.4, -0.2) is 0 Å². The Labute approximate surface area is 126 Å². The summed E-state index contributed by atoms with van der Waals surface area (Å²) in [7, 11) is 0. The molecule has 96 valence electrons. The molecule has 0 nitrogen and oxygen atoms in total. The van der Waals surface area contributed by atoms with Gasteiger partial charge in [0.15, 0.2) is 0 Å². The molecule has 0 aliphatic carbocycles. The van der Waals surface area contributed by atoms with E-state index < -0.39 is 0 Å². The number of hydrogen-bond donors (Lipinski definition) is 0. The predicted molar refractivity (Wildman–Crippen MR) is 88.4 cm³/mol. The second-order valence-corrected chi connectivity index (χ2v) is 6.69. The fourth-order valence-corrected chi connectivity index (χ4v) is 4.26. The number of hydrogen-bond acceptors (Lipinski definition) is 1. The standard InChI is InChI=1S/C17H15BrS/c1-12(13-7-3-2-4-8-13)17(18)15-11-19-16-10-6-5-9-14(15)16/h2-12,17H,1H3. The highest BCUT2D eigenvalue weighted by molar-refractivity contribution is 9.09. The Balaban J connectivity index is 1.98. The van der Waals surface area contributed by atoms with Crippen molar-refractivity contribution in [3.05, 3.63) is 71.1 Å². The van der Waals surface area contributed by atoms with Gasteiger partial charge < -0.3 is 0 Å². The molecule has 0 aliphatic rings. The fraction of sp³-hybridized carbons (Fsp3) is 0.176. The summed E-state index contributed by atoms with van der Waals surface area (Å²) in [5, 5.41) is 3.65. The molecule has 3 aromatic rings. The van der Waals surface area contributed by atoms with Crippen LogP contribution in [0.25, 0.3) is 10.1 Å². The van der Waals surface area contributed by atoms with Gasteiger partial charge in [0.1, 0.15) is 0 Å². The normalized spacial score (nSPS) is 14.4. The third-order valence-electron chi connectivity index (χ3n) is 3.57. The van der Waals surface area contributed by atoms with Gasteiger partial charge in [-0.2, -0.15) is 0 Å². The molecule has 3 rings (SSSR count). The van der Waals surface area contributed by atoms with E-state index in [0.29, 0.717) is 10.7 Å². The lowest BCUT2D eigenvalue weighted by Crippen LogP contribution is -2.01. The first-order valence-electron chi connectivity index (χ1n) is 6.42. The first kappa shape index (κ1) is 12.9. The Hall–Kier alpha value is -1.12. The summed E-state index contributed by atoms with van der Waals surface area (Å²) in [5.74, 6) is 0.458. The van der Waals surface area contributed by atoms with Crippen LogP contribution in [0.2, 0.25) is 0 Å². The van der Waals surface area contributed by atoms with E-state index in [0.717, 1.165) is 0 Å². The van der Waals surface area contributed by atoms with Crippen LogP contribution in [0, 0.1) is 0 Å². The van der Waals surface area contributed by atoms with E-state index in [2.05, 4.69) is 82.8 Å². The van der Waals surface area contributed by atoms with Gasteiger partial charge in [-0.05, 0) is 33.9 Å². The third kappa shape index (κ3) is 2.47. The summed E-state index contributed by atoms with van der Waals surface area (Å²) >= 11 is 5.72. The van der Waals surface area contributed by atoms with E-state index >= 15 is 0 Å². The van der Waals surface area contributed by atoms with E-state index in [9.17, 15) is 0 Å². The zero-order chi connectivity index (χ0) is 13.2. The van der Waals surface area contributed by atoms with Gasteiger partial charge in [0, 0.05) is 9.53 Å². The number of fused-ring (bicyclic) bond motifs is 1. The first-order chi connectivity index (χ1) is 9.27. The van der Waals surface area contributed by atoms with Gasteiger partial charge in [-0.1, -0.05) is 71.4 Å². The molecular formula is C17H15BrS. The number of rotatable bonds is 3. The summed E-state index contributed by atoms with van der Waals surface area (Å²) < 4.78 is 1.36. The maximum atomic E-state index is 3.90. The minimum Gasteiger partial charge on any atom is -0.143 e. The topological polar surface area (TPSA) is 0 Å². The second kappa shape index (κ2) is 5.48. The van der Waals surface area contributed by atoms with Crippen LogP contribution in [0.3, 0.4) is 0 Å². The maximum Gasteiger partial charge on any atom is 0.0475 e. The van der Waals surface area contributed by atoms with Crippen molar-refractivity contribution in [2.24, 2.45) is 0 Å². The number of alkyl halides is 1. The Morgan fingerprint density at radius 3 is 2.42 bits per heavy atom. The van der Waals surface area contributed by atoms with Crippen LogP contribution in [0.15, 0.2) is 60.0 Å². The maximum absolute atomic E-state index is 3.90. The number of thiophene rings is 1. The van der Waals surface area contributed by atoms with Crippen LogP contribution < -0.4 is 0 Å². The Kier molecular flexibility index (Phi) is 3.72. The average molecular weight is 331 g/mol. The van der Waals surface area contributed by atoms with Crippen molar-refractivity contribution in [3.8, 4) is 0 Å². The second-order valence-electron chi connectivity index (χ2n) is 4.79. The molecule has 0 saturated carbocycles. The summed E-state index contributed by atoms with van der Waals surface area (Å²) in [6.07, 6.45) is 0. The van der Waals surface area contributed by atoms with Gasteiger partial charge in [0.2, 0.25) is 0 Å². The SMILES string of the molecule is CC(c1ccccc1)C(Br)c1csc2ccccc12. The van der Waals surface area contributed by atoms with Crippen molar-refractivity contribution in [1.82, 2.24) is 0 Å². The lowest BCUT2D eigenvalue weighted by atomic mass is 9.93. The van der Waals surface area contributed by atoms with Gasteiger partial charge in [-0.3, -0.25) is 0 Å². The van der Waals surface area contributed by atoms with Crippen LogP contribution >= 0.6 is 27.3 Å². The van der Waals surface area contributed by atoms with E-state index in [4.69, 9.17) is 0 Å². The van der Waals surface area contributed by atoms with Crippen LogP contribution in [0.5, 0.6) is 0 Å². The van der Waals surface area contributed by atoms with Crippen molar-refractivity contribution in [3.63, 3.8) is 0 Å². The summed E-state index contributed by atoms with van der Waals surface area (Å²) in [6.45, 7) is 2.28. The van der Waals surface area contributed by atoms with Crippen LogP contribution in [0.4, 0.5) is 0 Å². The molecule has 1 heterocycles. The third-order valence-corrected chi connectivity index (χ3v) is 5.84. The molecule has 0 saturated heterocycles. The molecular weight excluding hydrogens is 316 g/mol. The molecule has 2 atom stereocenters. The summed E-state index contributed by atoms with van der Waals surface area (Å²) in [6, 6.07) is 19.3. The van der Waals surface area contributed by atoms with Gasteiger partial charge in [-0.15, -0.1) is 11.3 Å². The highest BCUT2D eigenvalue weighted by Gasteiger charge is 2.20. The minimum absolute atomic E-state index is 0.353. The minimum atomic E-state index is 0.353. The quantitative estimate of drug-likeness (QED) is 0.506. The lowest BCUT2D eigenvalue weighted by molar-refractivity contribution is 0.757. The molecule has 0 N–H and O–H groups in total. The van der Waals surface area contributed by atoms with Crippen LogP contribution in [-0.2, 0) is 0 Å². The van der Waals surface area contributed by atoms with Gasteiger partial charge in [0.25, 0.3) is 0 Å². The predicted octanol–water partition coefficient (Wildman–Crippen LogP) is 6.14. The molecule has 0 aliphatic heterocycles. The van der Waals surface area contributed by atoms with Gasteiger partial charge in [-0.25, -0.2) is 0 Å². The number of benzene rings is 2. The zero-order valence-corrected chi connectivity index (χ0v) is 13.1. The van der Waals surface area contributed by atoms with Gasteiger partial charge >= 0.3 is 0 Å². The molecule has 1 aromatic heterocycles. The highest BCUT2D eigenvalue weighted by Crippen LogP contribution is 2.42. The Morgan fingerprint density at radius 1 is 0.947 bits per heavy atom. The molecule has 19 heavy (non-hydrogen) atoms. The summed E-state index contributed by atoms with van der Waals surface area (Å²) in [5.41, 5.74) is 2.77. The molecule has 2 heteroatoms. The van der Waals surface area contributed by atoms with Crippen molar-refractivity contribution in [2.75, 3.05) is 0 Å². The van der Waals surface area contributed by atoms with Crippen molar-refractivity contribution in [1.29, 1.82) is 0 Å². The Bertz CT molecular complexity index is 672. The molecule has 0 amide bonds. The Morgan fingerprint density at radius 2 is 1.63 bits per heavy atom. The lowest BCUT2D eigenvalue weighted by Gasteiger charge is -2.18. The molecule has 0 radical (unpaired) electrons. The largest absolute Gasteiger partial charge is 0.143 e. The zero-order valence-electron chi connectivity index (χ0n) is 10.7. The van der Waals surface area contributed by atoms with E-state index in [1.807, 2.05) is 11.3 Å². The van der Waals surface area contributed by atoms with Crippen molar-refractivity contribution >= 4 is 37.4 Å². The summed E-state index contributed by atoms with van der Waals surface area (Å²) in [4.78, 5) is 0.353.